The summed E-state index contributed by atoms with van der Waals surface area (Å²) in [7, 11) is 0. The predicted octanol–water partition coefficient (Wildman–Crippen LogP) is 7.11. The van der Waals surface area contributed by atoms with E-state index < -0.39 is 5.41 Å². The molecule has 152 valence electrons. The molecule has 1 saturated carbocycles. The van der Waals surface area contributed by atoms with Gasteiger partial charge in [-0.2, -0.15) is 0 Å². The van der Waals surface area contributed by atoms with Gasteiger partial charge in [-0.05, 0) is 53.3 Å². The van der Waals surface area contributed by atoms with E-state index in [0.29, 0.717) is 0 Å². The third-order valence-corrected chi connectivity index (χ3v) is 7.32. The van der Waals surface area contributed by atoms with Crippen molar-refractivity contribution in [2.45, 2.75) is 24.3 Å². The minimum Gasteiger partial charge on any atom is -0.377 e. The van der Waals surface area contributed by atoms with Crippen LogP contribution in [0, 0.1) is 11.2 Å². The molecule has 6 rings (SSSR count). The number of fused-ring (bicyclic) bond motifs is 1. The van der Waals surface area contributed by atoms with Gasteiger partial charge in [-0.1, -0.05) is 91.0 Å². The van der Waals surface area contributed by atoms with Crippen molar-refractivity contribution >= 4 is 5.69 Å². The van der Waals surface area contributed by atoms with Crippen LogP contribution in [0.3, 0.4) is 0 Å². The molecule has 0 aromatic heterocycles. The standard InChI is InChI=1S/C29H24FN/c30-24-16-17-26-25(20-24)29(22-12-6-2-7-13-22,23-14-8-3-9-15-23)28(18-19-28)27(31-26)21-10-4-1-5-11-21/h1-17,20,27,31H,18-19H2. The van der Waals surface area contributed by atoms with Gasteiger partial charge in [0.25, 0.3) is 0 Å². The average Bonchev–Trinajstić information content (AvgIpc) is 3.62. The minimum atomic E-state index is -0.432. The fraction of sp³-hybridized carbons (Fsp3) is 0.172. The Kier molecular flexibility index (Phi) is 4.04. The van der Waals surface area contributed by atoms with Crippen LogP contribution < -0.4 is 5.32 Å². The normalized spacial score (nSPS) is 20.0. The molecule has 0 bridgehead atoms. The Hall–Kier alpha value is -3.39. The maximum Gasteiger partial charge on any atom is 0.123 e. The molecule has 1 heterocycles. The number of rotatable bonds is 3. The van der Waals surface area contributed by atoms with E-state index in [1.54, 1.807) is 12.1 Å². The highest BCUT2D eigenvalue weighted by Gasteiger charge is 2.68. The van der Waals surface area contributed by atoms with Crippen molar-refractivity contribution < 1.29 is 4.39 Å². The minimum absolute atomic E-state index is 0.0716. The SMILES string of the molecule is Fc1ccc2c(c1)C(c1ccccc1)(c1ccccc1)C1(CC1)C(c1ccccc1)N2. The number of halogens is 1. The monoisotopic (exact) mass is 405 g/mol. The van der Waals surface area contributed by atoms with Crippen molar-refractivity contribution in [3.05, 3.63) is 137 Å². The lowest BCUT2D eigenvalue weighted by Gasteiger charge is -2.52. The molecule has 1 atom stereocenters. The summed E-state index contributed by atoms with van der Waals surface area (Å²) < 4.78 is 14.7. The number of anilines is 1. The van der Waals surface area contributed by atoms with Crippen LogP contribution in [0.4, 0.5) is 10.1 Å². The summed E-state index contributed by atoms with van der Waals surface area (Å²) in [4.78, 5) is 0. The van der Waals surface area contributed by atoms with Gasteiger partial charge in [-0.25, -0.2) is 4.39 Å². The van der Waals surface area contributed by atoms with Crippen molar-refractivity contribution in [2.24, 2.45) is 5.41 Å². The highest BCUT2D eigenvalue weighted by atomic mass is 19.1. The summed E-state index contributed by atoms with van der Waals surface area (Å²) in [5.74, 6) is -0.189. The first-order valence-electron chi connectivity index (χ1n) is 11.0. The van der Waals surface area contributed by atoms with Gasteiger partial charge < -0.3 is 5.32 Å². The molecule has 4 aromatic rings. The second kappa shape index (κ2) is 6.81. The quantitative estimate of drug-likeness (QED) is 0.383. The third-order valence-electron chi connectivity index (χ3n) is 7.32. The fourth-order valence-electron chi connectivity index (χ4n) is 6.01. The number of nitrogens with one attached hydrogen (secondary N) is 1. The van der Waals surface area contributed by atoms with Gasteiger partial charge in [-0.15, -0.1) is 0 Å². The van der Waals surface area contributed by atoms with E-state index in [4.69, 9.17) is 0 Å². The Morgan fingerprint density at radius 3 is 1.77 bits per heavy atom. The molecule has 1 fully saturated rings. The van der Waals surface area contributed by atoms with Gasteiger partial charge in [0.2, 0.25) is 0 Å². The van der Waals surface area contributed by atoms with Crippen LogP contribution >= 0.6 is 0 Å². The molecular weight excluding hydrogens is 381 g/mol. The summed E-state index contributed by atoms with van der Waals surface area (Å²) in [6, 6.07) is 37.5. The zero-order valence-corrected chi connectivity index (χ0v) is 17.3. The van der Waals surface area contributed by atoms with E-state index in [9.17, 15) is 4.39 Å². The molecule has 1 aliphatic heterocycles. The van der Waals surface area contributed by atoms with Gasteiger partial charge in [-0.3, -0.25) is 0 Å². The molecule has 2 heteroatoms. The number of benzene rings is 4. The molecule has 4 aromatic carbocycles. The summed E-state index contributed by atoms with van der Waals surface area (Å²) in [6.45, 7) is 0. The Balaban J connectivity index is 1.74. The summed E-state index contributed by atoms with van der Waals surface area (Å²) in [5.41, 5.74) is 5.29. The van der Waals surface area contributed by atoms with E-state index >= 15 is 0 Å². The van der Waals surface area contributed by atoms with E-state index in [2.05, 4.69) is 96.3 Å². The molecule has 1 aliphatic carbocycles. The van der Waals surface area contributed by atoms with Crippen LogP contribution in [-0.2, 0) is 5.41 Å². The Bertz CT molecular complexity index is 1170. The topological polar surface area (TPSA) is 12.0 Å². The molecular formula is C29H24FN. The lowest BCUT2D eigenvalue weighted by atomic mass is 9.54. The van der Waals surface area contributed by atoms with Crippen molar-refractivity contribution in [3.63, 3.8) is 0 Å². The van der Waals surface area contributed by atoms with Gasteiger partial charge in [0.15, 0.2) is 0 Å². The fourth-order valence-corrected chi connectivity index (χ4v) is 6.01. The first-order chi connectivity index (χ1) is 15.3. The van der Waals surface area contributed by atoms with Crippen molar-refractivity contribution in [1.29, 1.82) is 0 Å². The largest absolute Gasteiger partial charge is 0.377 e. The second-order valence-corrected chi connectivity index (χ2v) is 8.82. The Labute approximate surface area is 182 Å². The van der Waals surface area contributed by atoms with E-state index in [0.717, 1.165) is 24.1 Å². The predicted molar refractivity (Wildman–Crippen MR) is 124 cm³/mol. The van der Waals surface area contributed by atoms with Gasteiger partial charge in [0, 0.05) is 11.1 Å². The van der Waals surface area contributed by atoms with Gasteiger partial charge in [0.05, 0.1) is 11.5 Å². The molecule has 31 heavy (non-hydrogen) atoms. The van der Waals surface area contributed by atoms with Crippen molar-refractivity contribution in [2.75, 3.05) is 5.32 Å². The maximum absolute atomic E-state index is 14.7. The van der Waals surface area contributed by atoms with E-state index in [1.165, 1.54) is 16.7 Å². The number of hydrogen-bond acceptors (Lipinski definition) is 1. The van der Waals surface area contributed by atoms with Crippen LogP contribution in [0.15, 0.2) is 109 Å². The highest BCUT2D eigenvalue weighted by Crippen LogP contribution is 2.73. The van der Waals surface area contributed by atoms with Crippen LogP contribution in [0.5, 0.6) is 0 Å². The van der Waals surface area contributed by atoms with E-state index in [1.807, 2.05) is 6.07 Å². The Morgan fingerprint density at radius 1 is 0.677 bits per heavy atom. The van der Waals surface area contributed by atoms with Crippen LogP contribution in [0.1, 0.15) is 41.1 Å². The first kappa shape index (κ1) is 18.4. The van der Waals surface area contributed by atoms with Gasteiger partial charge in [0.1, 0.15) is 5.82 Å². The summed E-state index contributed by atoms with van der Waals surface area (Å²) in [6.07, 6.45) is 2.17. The molecule has 1 spiro atoms. The zero-order valence-electron chi connectivity index (χ0n) is 17.3. The molecule has 0 saturated heterocycles. The average molecular weight is 406 g/mol. The maximum atomic E-state index is 14.7. The lowest BCUT2D eigenvalue weighted by Crippen LogP contribution is -2.48. The second-order valence-electron chi connectivity index (χ2n) is 8.82. The molecule has 0 amide bonds. The van der Waals surface area contributed by atoms with Crippen LogP contribution in [0.2, 0.25) is 0 Å². The highest BCUT2D eigenvalue weighted by molar-refractivity contribution is 5.70. The molecule has 1 N–H and O–H groups in total. The van der Waals surface area contributed by atoms with Crippen LogP contribution in [0.25, 0.3) is 0 Å². The Morgan fingerprint density at radius 2 is 1.23 bits per heavy atom. The lowest BCUT2D eigenvalue weighted by molar-refractivity contribution is 0.285. The van der Waals surface area contributed by atoms with Gasteiger partial charge >= 0.3 is 0 Å². The van der Waals surface area contributed by atoms with Crippen molar-refractivity contribution in [1.82, 2.24) is 0 Å². The molecule has 0 radical (unpaired) electrons. The van der Waals surface area contributed by atoms with Crippen LogP contribution in [-0.4, -0.2) is 0 Å². The number of hydrogen-bond donors (Lipinski definition) is 1. The van der Waals surface area contributed by atoms with E-state index in [-0.39, 0.29) is 17.3 Å². The molecule has 2 aliphatic rings. The third kappa shape index (κ3) is 2.54. The zero-order chi connectivity index (χ0) is 20.9. The first-order valence-corrected chi connectivity index (χ1v) is 11.0. The smallest absolute Gasteiger partial charge is 0.123 e. The summed E-state index contributed by atoms with van der Waals surface area (Å²) in [5, 5.41) is 3.82. The summed E-state index contributed by atoms with van der Waals surface area (Å²) >= 11 is 0. The molecule has 1 nitrogen and oxygen atoms in total. The van der Waals surface area contributed by atoms with Crippen molar-refractivity contribution in [3.8, 4) is 0 Å². The molecule has 1 unspecified atom stereocenters.